The normalized spacial score (nSPS) is 10.4. The second-order valence-electron chi connectivity index (χ2n) is 3.93. The van der Waals surface area contributed by atoms with Crippen LogP contribution in [0.15, 0.2) is 35.3 Å². The summed E-state index contributed by atoms with van der Waals surface area (Å²) in [5.41, 5.74) is 0.299. The minimum Gasteiger partial charge on any atom is -0.352 e. The van der Waals surface area contributed by atoms with E-state index in [2.05, 4.69) is 31.3 Å². The summed E-state index contributed by atoms with van der Waals surface area (Å²) in [4.78, 5) is 15.6. The van der Waals surface area contributed by atoms with Gasteiger partial charge in [0.1, 0.15) is 18.5 Å². The van der Waals surface area contributed by atoms with Crippen molar-refractivity contribution in [2.45, 2.75) is 13.0 Å². The van der Waals surface area contributed by atoms with Crippen LogP contribution in [0.3, 0.4) is 0 Å². The first-order chi connectivity index (χ1) is 9.15. The Balaban J connectivity index is 1.80. The van der Waals surface area contributed by atoms with E-state index in [1.165, 1.54) is 18.5 Å². The number of amides is 1. The molecule has 0 saturated carbocycles. The minimum absolute atomic E-state index is 0.293. The summed E-state index contributed by atoms with van der Waals surface area (Å²) in [6.07, 6.45) is 3.81. The van der Waals surface area contributed by atoms with Gasteiger partial charge in [-0.2, -0.15) is 5.10 Å². The maximum absolute atomic E-state index is 13.1. The monoisotopic (exact) mass is 326 g/mol. The van der Waals surface area contributed by atoms with Crippen molar-refractivity contribution >= 4 is 21.8 Å². The van der Waals surface area contributed by atoms with Crippen molar-refractivity contribution in [2.24, 2.45) is 0 Å². The molecule has 7 heteroatoms. The lowest BCUT2D eigenvalue weighted by molar-refractivity contribution is 0.0952. The lowest BCUT2D eigenvalue weighted by Crippen LogP contribution is -2.25. The van der Waals surface area contributed by atoms with E-state index >= 15 is 0 Å². The van der Waals surface area contributed by atoms with Crippen molar-refractivity contribution in [3.63, 3.8) is 0 Å². The zero-order valence-electron chi connectivity index (χ0n) is 10.0. The fraction of sp³-hybridized carbons (Fsp3) is 0.250. The predicted octanol–water partition coefficient (Wildman–Crippen LogP) is 2.00. The van der Waals surface area contributed by atoms with E-state index in [0.717, 1.165) is 6.42 Å². The van der Waals surface area contributed by atoms with E-state index in [1.807, 2.05) is 0 Å². The maximum Gasteiger partial charge on any atom is 0.251 e. The van der Waals surface area contributed by atoms with Crippen molar-refractivity contribution in [1.82, 2.24) is 20.1 Å². The van der Waals surface area contributed by atoms with Crippen LogP contribution in [0, 0.1) is 5.82 Å². The number of hydrogen-bond donors (Lipinski definition) is 1. The van der Waals surface area contributed by atoms with E-state index in [1.54, 1.807) is 17.1 Å². The van der Waals surface area contributed by atoms with Gasteiger partial charge >= 0.3 is 0 Å². The first kappa shape index (κ1) is 13.7. The van der Waals surface area contributed by atoms with Gasteiger partial charge in [-0.3, -0.25) is 9.48 Å². The molecule has 2 aromatic rings. The lowest BCUT2D eigenvalue weighted by Gasteiger charge is -2.06. The number of nitrogens with one attached hydrogen (secondary N) is 1. The van der Waals surface area contributed by atoms with Gasteiger partial charge in [-0.15, -0.1) is 0 Å². The molecule has 0 radical (unpaired) electrons. The summed E-state index contributed by atoms with van der Waals surface area (Å²) in [5, 5.41) is 6.68. The zero-order valence-corrected chi connectivity index (χ0v) is 11.6. The fourth-order valence-electron chi connectivity index (χ4n) is 1.58. The number of aromatic nitrogens is 3. The van der Waals surface area contributed by atoms with Crippen LogP contribution in [0.4, 0.5) is 4.39 Å². The van der Waals surface area contributed by atoms with E-state index in [9.17, 15) is 9.18 Å². The molecule has 1 aromatic carbocycles. The molecule has 0 aliphatic rings. The molecular formula is C12H12BrFN4O. The highest BCUT2D eigenvalue weighted by Crippen LogP contribution is 2.14. The standard InChI is InChI=1S/C12H12BrFN4O/c13-10-4-9(5-11(14)6-10)12(19)16-2-1-3-18-8-15-7-17-18/h4-8H,1-3H2,(H,16,19). The number of carbonyl (C=O) groups excluding carboxylic acids is 1. The van der Waals surface area contributed by atoms with Crippen LogP contribution in [-0.2, 0) is 6.54 Å². The molecule has 0 fully saturated rings. The molecule has 19 heavy (non-hydrogen) atoms. The third-order valence-electron chi connectivity index (χ3n) is 2.44. The molecule has 1 heterocycles. The summed E-state index contributed by atoms with van der Waals surface area (Å²) in [6.45, 7) is 1.17. The Morgan fingerprint density at radius 2 is 2.26 bits per heavy atom. The largest absolute Gasteiger partial charge is 0.352 e. The van der Waals surface area contributed by atoms with Gasteiger partial charge in [-0.1, -0.05) is 15.9 Å². The smallest absolute Gasteiger partial charge is 0.251 e. The van der Waals surface area contributed by atoms with Crippen molar-refractivity contribution in [3.05, 3.63) is 46.7 Å². The molecule has 100 valence electrons. The van der Waals surface area contributed by atoms with Crippen LogP contribution in [-0.4, -0.2) is 27.2 Å². The zero-order chi connectivity index (χ0) is 13.7. The maximum atomic E-state index is 13.1. The lowest BCUT2D eigenvalue weighted by atomic mass is 10.2. The van der Waals surface area contributed by atoms with Crippen LogP contribution in [0.25, 0.3) is 0 Å². The summed E-state index contributed by atoms with van der Waals surface area (Å²) in [5.74, 6) is -0.735. The molecule has 0 bridgehead atoms. The third-order valence-corrected chi connectivity index (χ3v) is 2.90. The second kappa shape index (κ2) is 6.42. The van der Waals surface area contributed by atoms with Crippen LogP contribution >= 0.6 is 15.9 Å². The Labute approximate surface area is 118 Å². The Hall–Kier alpha value is -1.76. The highest BCUT2D eigenvalue weighted by atomic mass is 79.9. The van der Waals surface area contributed by atoms with Gasteiger partial charge < -0.3 is 5.32 Å². The van der Waals surface area contributed by atoms with Crippen molar-refractivity contribution in [3.8, 4) is 0 Å². The Kier molecular flexibility index (Phi) is 4.62. The highest BCUT2D eigenvalue weighted by molar-refractivity contribution is 9.10. The average molecular weight is 327 g/mol. The van der Waals surface area contributed by atoms with E-state index < -0.39 is 5.82 Å². The summed E-state index contributed by atoms with van der Waals surface area (Å²) in [6, 6.07) is 4.09. The molecular weight excluding hydrogens is 315 g/mol. The Morgan fingerprint density at radius 1 is 1.42 bits per heavy atom. The molecule has 1 N–H and O–H groups in total. The average Bonchev–Trinajstić information content (AvgIpc) is 2.86. The van der Waals surface area contributed by atoms with Gasteiger partial charge in [-0.05, 0) is 24.6 Å². The summed E-state index contributed by atoms with van der Waals surface area (Å²) < 4.78 is 15.4. The van der Waals surface area contributed by atoms with E-state index in [-0.39, 0.29) is 5.91 Å². The fourth-order valence-corrected chi connectivity index (χ4v) is 2.04. The molecule has 5 nitrogen and oxygen atoms in total. The van der Waals surface area contributed by atoms with E-state index in [4.69, 9.17) is 0 Å². The van der Waals surface area contributed by atoms with Crippen molar-refractivity contribution < 1.29 is 9.18 Å². The SMILES string of the molecule is O=C(NCCCn1cncn1)c1cc(F)cc(Br)c1. The number of aryl methyl sites for hydroxylation is 1. The Bertz CT molecular complexity index is 539. The molecule has 0 atom stereocenters. The number of nitrogens with zero attached hydrogens (tertiary/aromatic N) is 3. The summed E-state index contributed by atoms with van der Waals surface area (Å²) in [7, 11) is 0. The minimum atomic E-state index is -0.442. The number of carbonyl (C=O) groups is 1. The first-order valence-electron chi connectivity index (χ1n) is 5.72. The van der Waals surface area contributed by atoms with Gasteiger partial charge in [0.15, 0.2) is 0 Å². The van der Waals surface area contributed by atoms with Crippen molar-refractivity contribution in [1.29, 1.82) is 0 Å². The van der Waals surface area contributed by atoms with E-state index in [0.29, 0.717) is 23.1 Å². The summed E-state index contributed by atoms with van der Waals surface area (Å²) >= 11 is 3.15. The first-order valence-corrected chi connectivity index (χ1v) is 6.51. The number of hydrogen-bond acceptors (Lipinski definition) is 3. The van der Waals surface area contributed by atoms with Gasteiger partial charge in [0, 0.05) is 23.1 Å². The van der Waals surface area contributed by atoms with Gasteiger partial charge in [0.25, 0.3) is 5.91 Å². The van der Waals surface area contributed by atoms with Crippen LogP contribution in [0.5, 0.6) is 0 Å². The van der Waals surface area contributed by atoms with Crippen LogP contribution in [0.2, 0.25) is 0 Å². The van der Waals surface area contributed by atoms with Gasteiger partial charge in [-0.25, -0.2) is 9.37 Å². The number of rotatable bonds is 5. The van der Waals surface area contributed by atoms with Crippen molar-refractivity contribution in [2.75, 3.05) is 6.54 Å². The molecule has 0 saturated heterocycles. The number of benzene rings is 1. The quantitative estimate of drug-likeness (QED) is 0.855. The molecule has 0 spiro atoms. The molecule has 0 aliphatic heterocycles. The highest BCUT2D eigenvalue weighted by Gasteiger charge is 2.07. The second-order valence-corrected chi connectivity index (χ2v) is 4.84. The molecule has 0 aliphatic carbocycles. The predicted molar refractivity (Wildman–Crippen MR) is 71.1 cm³/mol. The number of halogens is 2. The molecule has 0 unspecified atom stereocenters. The molecule has 1 amide bonds. The van der Waals surface area contributed by atoms with Gasteiger partial charge in [0.2, 0.25) is 0 Å². The molecule has 1 aromatic heterocycles. The van der Waals surface area contributed by atoms with Gasteiger partial charge in [0.05, 0.1) is 0 Å². The topological polar surface area (TPSA) is 59.8 Å². The van der Waals surface area contributed by atoms with Crippen LogP contribution < -0.4 is 5.32 Å². The van der Waals surface area contributed by atoms with Crippen LogP contribution in [0.1, 0.15) is 16.8 Å². The Morgan fingerprint density at radius 3 is 2.95 bits per heavy atom. The third kappa shape index (κ3) is 4.13. The molecule has 2 rings (SSSR count).